The molecule has 0 N–H and O–H groups in total. The Bertz CT molecular complexity index is 262. The molecule has 48 valence electrons. The van der Waals surface area contributed by atoms with Gasteiger partial charge in [0.1, 0.15) is 0 Å². The molecule has 0 aliphatic heterocycles. The van der Waals surface area contributed by atoms with Crippen molar-refractivity contribution in [2.24, 2.45) is 0 Å². The monoisotopic (exact) mass is 129 g/mol. The predicted octanol–water partition coefficient (Wildman–Crippen LogP) is 0.538. The molecule has 0 aliphatic rings. The van der Waals surface area contributed by atoms with E-state index in [4.69, 9.17) is 5.26 Å². The fourth-order valence-electron chi connectivity index (χ4n) is 0.894. The van der Waals surface area contributed by atoms with Gasteiger partial charge >= 0.3 is 0 Å². The maximum atomic E-state index is 8.39. The third kappa shape index (κ3) is 1.38. The molecule has 0 bridgehead atoms. The Morgan fingerprint density at radius 3 is 2.70 bits per heavy atom. The molecule has 0 radical (unpaired) electrons. The fraction of sp³-hybridized carbons (Fsp3) is 0.125. The molecule has 0 unspecified atom stereocenters. The van der Waals surface area contributed by atoms with Crippen LogP contribution in [-0.4, -0.2) is 7.28 Å². The summed E-state index contributed by atoms with van der Waals surface area (Å²) in [4.78, 5) is 0. The highest BCUT2D eigenvalue weighted by Crippen LogP contribution is 1.90. The highest BCUT2D eigenvalue weighted by molar-refractivity contribution is 6.61. The van der Waals surface area contributed by atoms with E-state index in [9.17, 15) is 0 Å². The molecule has 0 heterocycles. The zero-order chi connectivity index (χ0) is 7.40. The third-order valence-corrected chi connectivity index (χ3v) is 1.53. The molecule has 1 aromatic carbocycles. The largest absolute Gasteiger partial charge is 0.283 e. The third-order valence-electron chi connectivity index (χ3n) is 1.53. The molecule has 0 spiro atoms. The summed E-state index contributed by atoms with van der Waals surface area (Å²) >= 11 is 0. The molecule has 10 heavy (non-hydrogen) atoms. The van der Waals surface area contributed by atoms with Gasteiger partial charge in [0.15, 0.2) is 0 Å². The van der Waals surface area contributed by atoms with E-state index in [0.717, 1.165) is 5.46 Å². The molecule has 2 heteroatoms. The lowest BCUT2D eigenvalue weighted by atomic mass is 9.70. The van der Waals surface area contributed by atoms with Crippen molar-refractivity contribution in [1.29, 1.82) is 5.26 Å². The van der Waals surface area contributed by atoms with Crippen LogP contribution < -0.4 is 5.46 Å². The number of nitriles is 1. The summed E-state index contributed by atoms with van der Waals surface area (Å²) in [7, 11) is 0.521. The van der Waals surface area contributed by atoms with E-state index in [-0.39, 0.29) is 0 Å². The number of aryl methyl sites for hydroxylation is 1. The van der Waals surface area contributed by atoms with E-state index in [1.807, 2.05) is 31.2 Å². The van der Waals surface area contributed by atoms with Gasteiger partial charge in [-0.3, -0.25) is 0 Å². The Balaban J connectivity index is 2.94. The summed E-state index contributed by atoms with van der Waals surface area (Å²) in [6.45, 7) is 2.02. The predicted molar refractivity (Wildman–Crippen MR) is 43.6 cm³/mol. The number of rotatable bonds is 1. The zero-order valence-electron chi connectivity index (χ0n) is 5.96. The summed E-state index contributed by atoms with van der Waals surface area (Å²) in [6, 6.07) is 7.95. The molecule has 0 fully saturated rings. The molecule has 0 saturated heterocycles. The van der Waals surface area contributed by atoms with Gasteiger partial charge in [0.25, 0.3) is 7.28 Å². The van der Waals surface area contributed by atoms with Gasteiger partial charge in [-0.15, -0.1) is 0 Å². The Kier molecular flexibility index (Phi) is 2.12. The number of hydrogen-bond acceptors (Lipinski definition) is 1. The fourth-order valence-corrected chi connectivity index (χ4v) is 0.894. The van der Waals surface area contributed by atoms with Crippen molar-refractivity contribution < 1.29 is 0 Å². The lowest BCUT2D eigenvalue weighted by Gasteiger charge is -1.96. The smallest absolute Gasteiger partial charge is 0.213 e. The summed E-state index contributed by atoms with van der Waals surface area (Å²) < 4.78 is 0. The molecular formula is C8H8BN. The second-order valence-corrected chi connectivity index (χ2v) is 2.26. The summed E-state index contributed by atoms with van der Waals surface area (Å²) in [5.41, 5.74) is 2.33. The second-order valence-electron chi connectivity index (χ2n) is 2.26. The van der Waals surface area contributed by atoms with Crippen molar-refractivity contribution in [1.82, 2.24) is 0 Å². The Morgan fingerprint density at radius 2 is 2.10 bits per heavy atom. The SMILES string of the molecule is Cc1ccccc1BC#N. The van der Waals surface area contributed by atoms with Crippen molar-refractivity contribution in [2.75, 3.05) is 0 Å². The van der Waals surface area contributed by atoms with Crippen LogP contribution in [0.1, 0.15) is 5.56 Å². The first-order valence-corrected chi connectivity index (χ1v) is 3.26. The van der Waals surface area contributed by atoms with Crippen LogP contribution in [0.25, 0.3) is 0 Å². The minimum absolute atomic E-state index is 0.521. The molecule has 1 nitrogen and oxygen atoms in total. The van der Waals surface area contributed by atoms with Crippen molar-refractivity contribution >= 4 is 12.7 Å². The van der Waals surface area contributed by atoms with Gasteiger partial charge in [0, 0.05) is 5.97 Å². The van der Waals surface area contributed by atoms with Crippen LogP contribution in [-0.2, 0) is 0 Å². The lowest BCUT2D eigenvalue weighted by molar-refractivity contribution is 1.51. The molecule has 0 atom stereocenters. The van der Waals surface area contributed by atoms with Crippen LogP contribution in [0.4, 0.5) is 0 Å². The summed E-state index contributed by atoms with van der Waals surface area (Å²) in [6.07, 6.45) is 0. The van der Waals surface area contributed by atoms with E-state index >= 15 is 0 Å². The number of nitrogens with zero attached hydrogens (tertiary/aromatic N) is 1. The second kappa shape index (κ2) is 3.07. The first-order chi connectivity index (χ1) is 4.84. The van der Waals surface area contributed by atoms with Gasteiger partial charge < -0.3 is 0 Å². The van der Waals surface area contributed by atoms with E-state index in [1.165, 1.54) is 5.56 Å². The average molecular weight is 129 g/mol. The van der Waals surface area contributed by atoms with Crippen LogP contribution in [0.3, 0.4) is 0 Å². The standard InChI is InChI=1S/C8H8BN/c1-7-4-2-3-5-8(7)9-6-10/h2-5,9H,1H3. The highest BCUT2D eigenvalue weighted by Gasteiger charge is 1.95. The van der Waals surface area contributed by atoms with Gasteiger partial charge in [-0.25, -0.2) is 5.26 Å². The van der Waals surface area contributed by atoms with Gasteiger partial charge in [-0.1, -0.05) is 35.3 Å². The first-order valence-electron chi connectivity index (χ1n) is 3.26. The van der Waals surface area contributed by atoms with Crippen molar-refractivity contribution in [2.45, 2.75) is 6.92 Å². The van der Waals surface area contributed by atoms with Crippen LogP contribution in [0.2, 0.25) is 0 Å². The van der Waals surface area contributed by atoms with Crippen LogP contribution in [0.15, 0.2) is 24.3 Å². The van der Waals surface area contributed by atoms with E-state index in [2.05, 4.69) is 5.97 Å². The van der Waals surface area contributed by atoms with Gasteiger partial charge in [-0.2, -0.15) is 0 Å². The van der Waals surface area contributed by atoms with Crippen molar-refractivity contribution in [3.05, 3.63) is 29.8 Å². The summed E-state index contributed by atoms with van der Waals surface area (Å²) in [5.74, 6) is 2.12. The molecular weight excluding hydrogens is 121 g/mol. The maximum absolute atomic E-state index is 8.39. The van der Waals surface area contributed by atoms with Crippen molar-refractivity contribution in [3.63, 3.8) is 0 Å². The minimum atomic E-state index is 0.521. The van der Waals surface area contributed by atoms with Crippen LogP contribution in [0, 0.1) is 18.2 Å². The van der Waals surface area contributed by atoms with Gasteiger partial charge in [0.05, 0.1) is 0 Å². The van der Waals surface area contributed by atoms with Crippen LogP contribution in [0.5, 0.6) is 0 Å². The van der Waals surface area contributed by atoms with E-state index < -0.39 is 0 Å². The number of hydrogen-bond donors (Lipinski definition) is 0. The number of benzene rings is 1. The Morgan fingerprint density at radius 1 is 1.40 bits per heavy atom. The van der Waals surface area contributed by atoms with E-state index in [1.54, 1.807) is 0 Å². The average Bonchev–Trinajstić information content (AvgIpc) is 1.94. The van der Waals surface area contributed by atoms with Gasteiger partial charge in [0.2, 0.25) is 0 Å². The minimum Gasteiger partial charge on any atom is -0.213 e. The molecule has 0 amide bonds. The Hall–Kier alpha value is -1.23. The van der Waals surface area contributed by atoms with E-state index in [0.29, 0.717) is 7.28 Å². The molecule has 0 aromatic heterocycles. The molecule has 1 rings (SSSR count). The summed E-state index contributed by atoms with van der Waals surface area (Å²) in [5, 5.41) is 8.39. The quantitative estimate of drug-likeness (QED) is 0.507. The lowest BCUT2D eigenvalue weighted by Crippen LogP contribution is -2.14. The topological polar surface area (TPSA) is 23.8 Å². The Labute approximate surface area is 61.5 Å². The van der Waals surface area contributed by atoms with Gasteiger partial charge in [-0.05, 0) is 6.92 Å². The molecule has 1 aromatic rings. The molecule has 0 saturated carbocycles. The van der Waals surface area contributed by atoms with Crippen molar-refractivity contribution in [3.8, 4) is 5.97 Å². The maximum Gasteiger partial charge on any atom is 0.283 e. The molecule has 0 aliphatic carbocycles. The zero-order valence-corrected chi connectivity index (χ0v) is 5.96. The normalized spacial score (nSPS) is 8.40. The van der Waals surface area contributed by atoms with Crippen LogP contribution >= 0.6 is 0 Å². The highest BCUT2D eigenvalue weighted by atomic mass is 14.2. The first kappa shape index (κ1) is 6.89.